The fourth-order valence-corrected chi connectivity index (χ4v) is 2.94. The van der Waals surface area contributed by atoms with Gasteiger partial charge in [0.05, 0.1) is 0 Å². The third-order valence-corrected chi connectivity index (χ3v) is 4.15. The lowest BCUT2D eigenvalue weighted by atomic mass is 9.94. The zero-order valence-electron chi connectivity index (χ0n) is 12.8. The minimum absolute atomic E-state index is 0.0168. The maximum absolute atomic E-state index is 11.9. The van der Waals surface area contributed by atoms with Crippen molar-refractivity contribution in [2.75, 3.05) is 0 Å². The van der Waals surface area contributed by atoms with Crippen molar-refractivity contribution in [2.45, 2.75) is 52.9 Å². The van der Waals surface area contributed by atoms with Gasteiger partial charge in [0, 0.05) is 11.6 Å². The molecule has 0 saturated heterocycles. The molecule has 0 spiro atoms. The zero-order chi connectivity index (χ0) is 14.5. The number of nitrogens with one attached hydrogen (secondary N) is 1. The van der Waals surface area contributed by atoms with Crippen LogP contribution in [-0.4, -0.2) is 4.98 Å². The van der Waals surface area contributed by atoms with Crippen LogP contribution in [0.2, 0.25) is 0 Å². The summed E-state index contributed by atoms with van der Waals surface area (Å²) in [5.41, 5.74) is 2.63. The van der Waals surface area contributed by atoms with E-state index in [0.717, 1.165) is 23.1 Å². The van der Waals surface area contributed by atoms with Crippen LogP contribution >= 0.6 is 0 Å². The molecule has 0 aliphatic rings. The van der Waals surface area contributed by atoms with Crippen molar-refractivity contribution < 1.29 is 0 Å². The first-order chi connectivity index (χ1) is 9.61. The van der Waals surface area contributed by atoms with Gasteiger partial charge in [-0.1, -0.05) is 39.2 Å². The topological polar surface area (TPSA) is 32.9 Å². The monoisotopic (exact) mass is 271 g/mol. The Morgan fingerprint density at radius 3 is 2.80 bits per heavy atom. The Morgan fingerprint density at radius 1 is 1.25 bits per heavy atom. The Kier molecular flexibility index (Phi) is 4.99. The number of hydrogen-bond acceptors (Lipinski definition) is 1. The first-order valence-corrected chi connectivity index (χ1v) is 7.72. The molecule has 2 nitrogen and oxygen atoms in total. The molecule has 0 fully saturated rings. The smallest absolute Gasteiger partial charge is 0.255 e. The first-order valence-electron chi connectivity index (χ1n) is 7.72. The van der Waals surface area contributed by atoms with E-state index in [4.69, 9.17) is 0 Å². The Labute approximate surface area is 121 Å². The molecule has 108 valence electrons. The lowest BCUT2D eigenvalue weighted by Crippen LogP contribution is -2.06. The van der Waals surface area contributed by atoms with Crippen LogP contribution in [0.1, 0.15) is 50.7 Å². The molecule has 20 heavy (non-hydrogen) atoms. The highest BCUT2D eigenvalue weighted by Gasteiger charge is 2.06. The molecule has 0 bridgehead atoms. The predicted molar refractivity (Wildman–Crippen MR) is 86.3 cm³/mol. The maximum atomic E-state index is 11.9. The Morgan fingerprint density at radius 2 is 2.05 bits per heavy atom. The summed E-state index contributed by atoms with van der Waals surface area (Å²) in [5.74, 6) is 0.809. The number of aryl methyl sites for hydroxylation is 2. The van der Waals surface area contributed by atoms with Gasteiger partial charge in [0.2, 0.25) is 0 Å². The summed E-state index contributed by atoms with van der Waals surface area (Å²) >= 11 is 0. The molecule has 0 radical (unpaired) electrons. The van der Waals surface area contributed by atoms with E-state index in [2.05, 4.69) is 37.9 Å². The quantitative estimate of drug-likeness (QED) is 0.818. The van der Waals surface area contributed by atoms with Gasteiger partial charge in [0.15, 0.2) is 0 Å². The van der Waals surface area contributed by atoms with E-state index in [1.54, 1.807) is 6.20 Å². The van der Waals surface area contributed by atoms with E-state index < -0.39 is 0 Å². The van der Waals surface area contributed by atoms with Gasteiger partial charge in [-0.2, -0.15) is 0 Å². The number of aromatic nitrogens is 1. The van der Waals surface area contributed by atoms with Crippen LogP contribution < -0.4 is 5.56 Å². The van der Waals surface area contributed by atoms with Crippen molar-refractivity contribution in [3.8, 4) is 0 Å². The van der Waals surface area contributed by atoms with Gasteiger partial charge in [-0.25, -0.2) is 0 Å². The van der Waals surface area contributed by atoms with Crippen molar-refractivity contribution >= 4 is 10.8 Å². The second-order valence-corrected chi connectivity index (χ2v) is 5.96. The molecule has 1 N–H and O–H groups in total. The van der Waals surface area contributed by atoms with Gasteiger partial charge in [-0.05, 0) is 54.3 Å². The third kappa shape index (κ3) is 3.50. The van der Waals surface area contributed by atoms with Crippen molar-refractivity contribution in [2.24, 2.45) is 5.92 Å². The summed E-state index contributed by atoms with van der Waals surface area (Å²) in [4.78, 5) is 14.6. The number of H-pyrrole nitrogens is 1. The van der Waals surface area contributed by atoms with Gasteiger partial charge in [-0.15, -0.1) is 0 Å². The van der Waals surface area contributed by atoms with Crippen LogP contribution in [0.5, 0.6) is 0 Å². The van der Waals surface area contributed by atoms with Crippen LogP contribution in [0.3, 0.4) is 0 Å². The van der Waals surface area contributed by atoms with Gasteiger partial charge >= 0.3 is 0 Å². The second kappa shape index (κ2) is 6.74. The van der Waals surface area contributed by atoms with E-state index in [9.17, 15) is 4.79 Å². The van der Waals surface area contributed by atoms with Crippen LogP contribution in [0.4, 0.5) is 0 Å². The molecule has 1 heterocycles. The molecule has 0 unspecified atom stereocenters. The van der Waals surface area contributed by atoms with Gasteiger partial charge in [-0.3, -0.25) is 4.79 Å². The lowest BCUT2D eigenvalue weighted by Gasteiger charge is -2.11. The third-order valence-electron chi connectivity index (χ3n) is 4.15. The molecular weight excluding hydrogens is 246 g/mol. The molecule has 0 aliphatic heterocycles. The molecule has 2 heteroatoms. The van der Waals surface area contributed by atoms with Crippen LogP contribution in [0.15, 0.2) is 29.2 Å². The highest BCUT2D eigenvalue weighted by atomic mass is 16.1. The number of benzene rings is 1. The molecule has 1 atom stereocenters. The summed E-state index contributed by atoms with van der Waals surface area (Å²) in [7, 11) is 0. The average molecular weight is 271 g/mol. The summed E-state index contributed by atoms with van der Waals surface area (Å²) < 4.78 is 0. The summed E-state index contributed by atoms with van der Waals surface area (Å²) in [6.45, 7) is 6.73. The number of pyridine rings is 1. The fourth-order valence-electron chi connectivity index (χ4n) is 2.94. The molecule has 1 aromatic carbocycles. The van der Waals surface area contributed by atoms with Gasteiger partial charge < -0.3 is 4.98 Å². The maximum Gasteiger partial charge on any atom is 0.255 e. The first kappa shape index (κ1) is 14.8. The van der Waals surface area contributed by atoms with E-state index in [1.807, 2.05) is 6.07 Å². The van der Waals surface area contributed by atoms with Crippen molar-refractivity contribution in [1.29, 1.82) is 0 Å². The number of fused-ring (bicyclic) bond motifs is 1. The molecule has 0 saturated carbocycles. The molecular formula is C18H25NO. The van der Waals surface area contributed by atoms with Crippen molar-refractivity contribution in [1.82, 2.24) is 4.98 Å². The van der Waals surface area contributed by atoms with Crippen molar-refractivity contribution in [3.63, 3.8) is 0 Å². The van der Waals surface area contributed by atoms with Crippen LogP contribution in [0.25, 0.3) is 10.8 Å². The normalized spacial score (nSPS) is 12.8. The zero-order valence-corrected chi connectivity index (χ0v) is 12.8. The van der Waals surface area contributed by atoms with E-state index in [1.165, 1.54) is 36.8 Å². The van der Waals surface area contributed by atoms with E-state index in [0.29, 0.717) is 0 Å². The summed E-state index contributed by atoms with van der Waals surface area (Å²) in [6.07, 6.45) is 7.86. The molecule has 0 amide bonds. The standard InChI is InChI=1S/C18H25NO/c1-4-6-13(2)7-5-8-15-12-17-16(11-14(15)3)9-10-19-18(17)20/h9-13H,4-8H2,1-3H3,(H,19,20)/t13-/m0/s1. The number of aromatic amines is 1. The largest absolute Gasteiger partial charge is 0.329 e. The highest BCUT2D eigenvalue weighted by Crippen LogP contribution is 2.20. The van der Waals surface area contributed by atoms with Gasteiger partial charge in [0.25, 0.3) is 5.56 Å². The van der Waals surface area contributed by atoms with Crippen LogP contribution in [0, 0.1) is 12.8 Å². The summed E-state index contributed by atoms with van der Waals surface area (Å²) in [5, 5.41) is 1.85. The number of rotatable bonds is 6. The van der Waals surface area contributed by atoms with E-state index in [-0.39, 0.29) is 5.56 Å². The second-order valence-electron chi connectivity index (χ2n) is 5.96. The highest BCUT2D eigenvalue weighted by molar-refractivity contribution is 5.82. The number of hydrogen-bond donors (Lipinski definition) is 1. The lowest BCUT2D eigenvalue weighted by molar-refractivity contribution is 0.469. The Balaban J connectivity index is 2.12. The molecule has 0 aliphatic carbocycles. The molecule has 2 aromatic rings. The van der Waals surface area contributed by atoms with E-state index >= 15 is 0 Å². The van der Waals surface area contributed by atoms with Gasteiger partial charge in [0.1, 0.15) is 0 Å². The Bertz CT molecular complexity index is 627. The minimum Gasteiger partial charge on any atom is -0.329 e. The van der Waals surface area contributed by atoms with Crippen LogP contribution in [-0.2, 0) is 6.42 Å². The SMILES string of the molecule is CCC[C@H](C)CCCc1cc2c(=O)[nH]ccc2cc1C. The summed E-state index contributed by atoms with van der Waals surface area (Å²) in [6, 6.07) is 6.18. The Hall–Kier alpha value is -1.57. The molecule has 2 rings (SSSR count). The average Bonchev–Trinajstić information content (AvgIpc) is 2.40. The van der Waals surface area contributed by atoms with Crippen molar-refractivity contribution in [3.05, 3.63) is 45.9 Å². The molecule has 1 aromatic heterocycles. The minimum atomic E-state index is 0.0168. The fraction of sp³-hybridized carbons (Fsp3) is 0.500. The predicted octanol–water partition coefficient (Wildman–Crippen LogP) is 4.60.